The highest BCUT2D eigenvalue weighted by Gasteiger charge is 2.24. The van der Waals surface area contributed by atoms with E-state index in [0.29, 0.717) is 12.8 Å². The highest BCUT2D eigenvalue weighted by Crippen LogP contribution is 2.16. The van der Waals surface area contributed by atoms with Crippen LogP contribution in [0.25, 0.3) is 0 Å². The lowest BCUT2D eigenvalue weighted by Crippen LogP contribution is -2.36. The van der Waals surface area contributed by atoms with E-state index in [1.807, 2.05) is 60.7 Å². The zero-order valence-corrected chi connectivity index (χ0v) is 15.4. The molecule has 138 valence electrons. The minimum atomic E-state index is -0.788. The highest BCUT2D eigenvalue weighted by atomic mass is 16.7. The van der Waals surface area contributed by atoms with Gasteiger partial charge in [-0.25, -0.2) is 9.59 Å². The van der Waals surface area contributed by atoms with Gasteiger partial charge in [0, 0.05) is 0 Å². The second-order valence-corrected chi connectivity index (χ2v) is 7.10. The molecule has 0 aliphatic heterocycles. The largest absolute Gasteiger partial charge is 0.442 e. The molecule has 2 rings (SSSR count). The van der Waals surface area contributed by atoms with Gasteiger partial charge in [-0.1, -0.05) is 60.7 Å². The Bertz CT molecular complexity index is 666. The predicted octanol–water partition coefficient (Wildman–Crippen LogP) is 4.07. The van der Waals surface area contributed by atoms with E-state index in [4.69, 9.17) is 9.57 Å². The Balaban J connectivity index is 2.02. The monoisotopic (exact) mass is 355 g/mol. The third-order valence-corrected chi connectivity index (χ3v) is 3.62. The first-order valence-electron chi connectivity index (χ1n) is 8.61. The molecule has 0 atom stereocenters. The van der Waals surface area contributed by atoms with Crippen molar-refractivity contribution in [2.75, 3.05) is 0 Å². The number of rotatable bonds is 5. The second-order valence-electron chi connectivity index (χ2n) is 7.10. The van der Waals surface area contributed by atoms with Crippen LogP contribution in [0.15, 0.2) is 60.7 Å². The summed E-state index contributed by atoms with van der Waals surface area (Å²) in [6.45, 7) is 5.21. The Morgan fingerprint density at radius 1 is 0.885 bits per heavy atom. The van der Waals surface area contributed by atoms with Crippen molar-refractivity contribution in [3.05, 3.63) is 71.8 Å². The number of nitrogens with one attached hydrogen (secondary N) is 1. The minimum absolute atomic E-state index is 0.422. The first-order valence-corrected chi connectivity index (χ1v) is 8.61. The third-order valence-electron chi connectivity index (χ3n) is 3.62. The molecule has 5 nitrogen and oxygen atoms in total. The molecule has 5 heteroatoms. The molecule has 0 aliphatic carbocycles. The molecule has 0 radical (unpaired) electrons. The Labute approximate surface area is 154 Å². The van der Waals surface area contributed by atoms with Gasteiger partial charge < -0.3 is 9.57 Å². The van der Waals surface area contributed by atoms with Crippen LogP contribution in [0.5, 0.6) is 0 Å². The SMILES string of the molecule is CC(C)(C)OC(=O)NOC(=O)C(Cc1ccccc1)Cc1ccccc1. The molecule has 26 heavy (non-hydrogen) atoms. The Morgan fingerprint density at radius 3 is 1.77 bits per heavy atom. The number of amides is 1. The molecular weight excluding hydrogens is 330 g/mol. The number of ether oxygens (including phenoxy) is 1. The molecule has 0 saturated heterocycles. The lowest BCUT2D eigenvalue weighted by molar-refractivity contribution is -0.155. The summed E-state index contributed by atoms with van der Waals surface area (Å²) in [6.07, 6.45) is 0.249. The van der Waals surface area contributed by atoms with Crippen molar-refractivity contribution in [2.45, 2.75) is 39.2 Å². The van der Waals surface area contributed by atoms with Crippen molar-refractivity contribution in [1.29, 1.82) is 0 Å². The molecule has 0 spiro atoms. The second kappa shape index (κ2) is 9.04. The van der Waals surface area contributed by atoms with Crippen LogP contribution >= 0.6 is 0 Å². The Hall–Kier alpha value is -2.82. The molecule has 0 fully saturated rings. The summed E-state index contributed by atoms with van der Waals surface area (Å²) in [6, 6.07) is 19.4. The fourth-order valence-electron chi connectivity index (χ4n) is 2.51. The molecular formula is C21H25NO4. The third kappa shape index (κ3) is 6.97. The van der Waals surface area contributed by atoms with Gasteiger partial charge in [0.05, 0.1) is 5.92 Å². The van der Waals surface area contributed by atoms with E-state index in [2.05, 4.69) is 5.48 Å². The van der Waals surface area contributed by atoms with Gasteiger partial charge in [-0.05, 0) is 44.7 Å². The van der Waals surface area contributed by atoms with E-state index in [-0.39, 0.29) is 0 Å². The summed E-state index contributed by atoms with van der Waals surface area (Å²) < 4.78 is 5.08. The first kappa shape index (κ1) is 19.5. The van der Waals surface area contributed by atoms with Crippen molar-refractivity contribution >= 4 is 12.1 Å². The van der Waals surface area contributed by atoms with Gasteiger partial charge in [0.25, 0.3) is 0 Å². The molecule has 2 aromatic carbocycles. The van der Waals surface area contributed by atoms with E-state index in [1.165, 1.54) is 0 Å². The van der Waals surface area contributed by atoms with Crippen LogP contribution in [0.2, 0.25) is 0 Å². The average molecular weight is 355 g/mol. The Morgan fingerprint density at radius 2 is 1.35 bits per heavy atom. The van der Waals surface area contributed by atoms with Crippen LogP contribution in [0.4, 0.5) is 4.79 Å². The van der Waals surface area contributed by atoms with Gasteiger partial charge in [0.2, 0.25) is 0 Å². The first-order chi connectivity index (χ1) is 12.3. The number of carbonyl (C=O) groups excluding carboxylic acids is 2. The Kier molecular flexibility index (Phi) is 6.78. The van der Waals surface area contributed by atoms with Crippen molar-refractivity contribution in [3.8, 4) is 0 Å². The van der Waals surface area contributed by atoms with Crippen LogP contribution in [0.3, 0.4) is 0 Å². The number of hydroxylamine groups is 1. The van der Waals surface area contributed by atoms with Crippen molar-refractivity contribution < 1.29 is 19.2 Å². The number of carbonyl (C=O) groups is 2. The van der Waals surface area contributed by atoms with Gasteiger partial charge in [-0.3, -0.25) is 0 Å². The molecule has 1 N–H and O–H groups in total. The van der Waals surface area contributed by atoms with Gasteiger partial charge in [0.1, 0.15) is 5.60 Å². The molecule has 0 unspecified atom stereocenters. The van der Waals surface area contributed by atoms with Crippen LogP contribution in [-0.4, -0.2) is 17.7 Å². The molecule has 0 aromatic heterocycles. The topological polar surface area (TPSA) is 64.6 Å². The van der Waals surface area contributed by atoms with Crippen LogP contribution < -0.4 is 5.48 Å². The lowest BCUT2D eigenvalue weighted by atomic mass is 9.93. The zero-order valence-electron chi connectivity index (χ0n) is 15.4. The summed E-state index contributed by atoms with van der Waals surface area (Å²) >= 11 is 0. The maximum Gasteiger partial charge on any atom is 0.441 e. The molecule has 0 heterocycles. The fourth-order valence-corrected chi connectivity index (χ4v) is 2.51. The molecule has 0 aliphatic rings. The number of hydrogen-bond acceptors (Lipinski definition) is 4. The summed E-state index contributed by atoms with van der Waals surface area (Å²) in [5, 5.41) is 0. The average Bonchev–Trinajstić information content (AvgIpc) is 2.59. The standard InChI is InChI=1S/C21H25NO4/c1-21(2,3)25-20(24)22-26-19(23)18(14-16-10-6-4-7-11-16)15-17-12-8-5-9-13-17/h4-13,18H,14-15H2,1-3H3,(H,22,24). The summed E-state index contributed by atoms with van der Waals surface area (Å²) in [7, 11) is 0. The molecule has 0 saturated carbocycles. The van der Waals surface area contributed by atoms with E-state index in [0.717, 1.165) is 11.1 Å². The minimum Gasteiger partial charge on any atom is -0.442 e. The zero-order chi connectivity index (χ0) is 19.0. The van der Waals surface area contributed by atoms with Crippen molar-refractivity contribution in [3.63, 3.8) is 0 Å². The van der Waals surface area contributed by atoms with E-state index in [9.17, 15) is 9.59 Å². The highest BCUT2D eigenvalue weighted by molar-refractivity contribution is 5.75. The van der Waals surface area contributed by atoms with Gasteiger partial charge in [0.15, 0.2) is 0 Å². The quantitative estimate of drug-likeness (QED) is 0.821. The normalized spacial score (nSPS) is 11.1. The van der Waals surface area contributed by atoms with E-state index >= 15 is 0 Å². The maximum atomic E-state index is 12.5. The molecule has 1 amide bonds. The predicted molar refractivity (Wildman–Crippen MR) is 99.2 cm³/mol. The summed E-state index contributed by atoms with van der Waals surface area (Å²) in [4.78, 5) is 29.2. The van der Waals surface area contributed by atoms with Crippen molar-refractivity contribution in [1.82, 2.24) is 5.48 Å². The number of benzene rings is 2. The lowest BCUT2D eigenvalue weighted by Gasteiger charge is -2.20. The van der Waals surface area contributed by atoms with Gasteiger partial charge in [-0.15, -0.1) is 5.48 Å². The van der Waals surface area contributed by atoms with Gasteiger partial charge >= 0.3 is 12.1 Å². The van der Waals surface area contributed by atoms with Crippen molar-refractivity contribution in [2.24, 2.45) is 5.92 Å². The van der Waals surface area contributed by atoms with Crippen LogP contribution in [0, 0.1) is 5.92 Å². The fraction of sp³-hybridized carbons (Fsp3) is 0.333. The molecule has 0 bridgehead atoms. The summed E-state index contributed by atoms with van der Waals surface area (Å²) in [5.41, 5.74) is 3.48. The maximum absolute atomic E-state index is 12.5. The molecule has 2 aromatic rings. The van der Waals surface area contributed by atoms with E-state index < -0.39 is 23.6 Å². The number of hydrogen-bond donors (Lipinski definition) is 1. The van der Waals surface area contributed by atoms with Crippen LogP contribution in [0.1, 0.15) is 31.9 Å². The van der Waals surface area contributed by atoms with Crippen LogP contribution in [-0.2, 0) is 27.2 Å². The summed E-state index contributed by atoms with van der Waals surface area (Å²) in [5.74, 6) is -0.918. The smallest absolute Gasteiger partial charge is 0.441 e. The van der Waals surface area contributed by atoms with E-state index in [1.54, 1.807) is 20.8 Å². The van der Waals surface area contributed by atoms with Gasteiger partial charge in [-0.2, -0.15) is 0 Å².